The molecular weight excluding hydrogens is 386 g/mol. The van der Waals surface area contributed by atoms with E-state index in [4.69, 9.17) is 4.98 Å². The Balaban J connectivity index is 1.57. The van der Waals surface area contributed by atoms with Crippen LogP contribution in [0.4, 0.5) is 0 Å². The molecule has 4 rings (SSSR count). The molecule has 0 aliphatic heterocycles. The van der Waals surface area contributed by atoms with Crippen molar-refractivity contribution in [3.8, 4) is 5.75 Å². The molecule has 0 spiro atoms. The van der Waals surface area contributed by atoms with Crippen molar-refractivity contribution >= 4 is 16.9 Å². The van der Waals surface area contributed by atoms with E-state index in [2.05, 4.69) is 36.3 Å². The molecule has 3 N–H and O–H groups in total. The number of benzene rings is 3. The van der Waals surface area contributed by atoms with Crippen LogP contribution in [0.2, 0.25) is 0 Å². The first kappa shape index (κ1) is 20.7. The number of hydrogen-bond acceptors (Lipinski definition) is 3. The van der Waals surface area contributed by atoms with Crippen molar-refractivity contribution in [3.05, 3.63) is 95.8 Å². The maximum Gasteiger partial charge on any atom is 0.221 e. The van der Waals surface area contributed by atoms with Gasteiger partial charge >= 0.3 is 0 Å². The number of fused-ring (bicyclic) bond motifs is 1. The molecule has 1 amide bonds. The largest absolute Gasteiger partial charge is 0.508 e. The number of para-hydroxylation sites is 2. The number of phenols is 1. The zero-order valence-corrected chi connectivity index (χ0v) is 17.8. The Morgan fingerprint density at radius 2 is 1.68 bits per heavy atom. The Morgan fingerprint density at radius 3 is 2.39 bits per heavy atom. The highest BCUT2D eigenvalue weighted by molar-refractivity contribution is 5.79. The van der Waals surface area contributed by atoms with Gasteiger partial charge in [-0.2, -0.15) is 0 Å². The molecule has 5 nitrogen and oxygen atoms in total. The first-order valence-electron chi connectivity index (χ1n) is 10.5. The van der Waals surface area contributed by atoms with Gasteiger partial charge in [-0.1, -0.05) is 68.4 Å². The van der Waals surface area contributed by atoms with Crippen LogP contribution in [0.5, 0.6) is 5.75 Å². The van der Waals surface area contributed by atoms with Crippen LogP contribution in [0.1, 0.15) is 43.3 Å². The third kappa shape index (κ3) is 4.94. The first-order chi connectivity index (χ1) is 14.9. The van der Waals surface area contributed by atoms with Crippen molar-refractivity contribution in [2.75, 3.05) is 0 Å². The van der Waals surface area contributed by atoms with E-state index in [0.717, 1.165) is 28.0 Å². The molecule has 0 aliphatic rings. The number of aromatic nitrogens is 2. The van der Waals surface area contributed by atoms with Gasteiger partial charge in [0.05, 0.1) is 17.1 Å². The maximum absolute atomic E-state index is 13.1. The molecule has 3 aromatic carbocycles. The van der Waals surface area contributed by atoms with Crippen molar-refractivity contribution in [1.29, 1.82) is 0 Å². The zero-order chi connectivity index (χ0) is 21.8. The highest BCUT2D eigenvalue weighted by Gasteiger charge is 2.26. The Hall–Kier alpha value is -3.60. The van der Waals surface area contributed by atoms with Crippen molar-refractivity contribution in [1.82, 2.24) is 15.3 Å². The lowest BCUT2D eigenvalue weighted by Crippen LogP contribution is -2.35. The molecule has 0 fully saturated rings. The molecule has 1 unspecified atom stereocenters. The lowest BCUT2D eigenvalue weighted by molar-refractivity contribution is -0.123. The maximum atomic E-state index is 13.1. The Bertz CT molecular complexity index is 1130. The fraction of sp³-hybridized carbons (Fsp3) is 0.231. The molecule has 0 saturated heterocycles. The van der Waals surface area contributed by atoms with Gasteiger partial charge in [0.2, 0.25) is 5.91 Å². The molecule has 1 atom stereocenters. The summed E-state index contributed by atoms with van der Waals surface area (Å²) < 4.78 is 0. The quantitative estimate of drug-likeness (QED) is 0.397. The Labute approximate surface area is 182 Å². The van der Waals surface area contributed by atoms with E-state index >= 15 is 0 Å². The van der Waals surface area contributed by atoms with Crippen LogP contribution >= 0.6 is 0 Å². The van der Waals surface area contributed by atoms with Crippen LogP contribution in [0.15, 0.2) is 78.9 Å². The second kappa shape index (κ2) is 8.64. The van der Waals surface area contributed by atoms with Crippen molar-refractivity contribution < 1.29 is 9.90 Å². The summed E-state index contributed by atoms with van der Waals surface area (Å²) in [4.78, 5) is 21.1. The molecule has 0 radical (unpaired) electrons. The molecule has 0 aliphatic carbocycles. The third-order valence-electron chi connectivity index (χ3n) is 5.61. The number of nitrogens with zero attached hydrogens (tertiary/aromatic N) is 1. The van der Waals surface area contributed by atoms with Crippen molar-refractivity contribution in [2.24, 2.45) is 0 Å². The van der Waals surface area contributed by atoms with E-state index in [1.807, 2.05) is 54.6 Å². The molecule has 5 heteroatoms. The van der Waals surface area contributed by atoms with E-state index < -0.39 is 0 Å². The molecule has 31 heavy (non-hydrogen) atoms. The number of nitrogens with one attached hydrogen (secondary N) is 2. The van der Waals surface area contributed by atoms with E-state index in [1.54, 1.807) is 12.1 Å². The van der Waals surface area contributed by atoms with Gasteiger partial charge in [-0.05, 0) is 47.2 Å². The standard InChI is InChI=1S/C26H27N3O2/c1-26(2,19-8-4-3-5-9-19)17-24(31)27-23(16-18-12-14-20(30)15-13-18)25-28-21-10-6-7-11-22(21)29-25/h3-15,23,30H,16-17H2,1-2H3,(H,27,31)(H,28,29). The third-order valence-corrected chi connectivity index (χ3v) is 5.61. The van der Waals surface area contributed by atoms with Gasteiger partial charge in [-0.15, -0.1) is 0 Å². The smallest absolute Gasteiger partial charge is 0.221 e. The number of amides is 1. The zero-order valence-electron chi connectivity index (χ0n) is 17.8. The number of imidazole rings is 1. The van der Waals surface area contributed by atoms with Gasteiger partial charge in [0.25, 0.3) is 0 Å². The van der Waals surface area contributed by atoms with Gasteiger partial charge < -0.3 is 15.4 Å². The SMILES string of the molecule is CC(C)(CC(=O)NC(Cc1ccc(O)cc1)c1nc2ccccc2[nH]1)c1ccccc1. The van der Waals surface area contributed by atoms with Gasteiger partial charge in [-0.3, -0.25) is 4.79 Å². The number of rotatable bonds is 7. The van der Waals surface area contributed by atoms with E-state index in [0.29, 0.717) is 12.8 Å². The molecular formula is C26H27N3O2. The van der Waals surface area contributed by atoms with Crippen LogP contribution in [-0.4, -0.2) is 21.0 Å². The normalized spacial score (nSPS) is 12.6. The van der Waals surface area contributed by atoms with Crippen LogP contribution < -0.4 is 5.32 Å². The fourth-order valence-corrected chi connectivity index (χ4v) is 3.86. The summed E-state index contributed by atoms with van der Waals surface area (Å²) in [6.45, 7) is 4.16. The average molecular weight is 414 g/mol. The summed E-state index contributed by atoms with van der Waals surface area (Å²) in [7, 11) is 0. The minimum absolute atomic E-state index is 0.0295. The van der Waals surface area contributed by atoms with E-state index in [-0.39, 0.29) is 23.1 Å². The number of carbonyl (C=O) groups excluding carboxylic acids is 1. The van der Waals surface area contributed by atoms with Gasteiger partial charge in [-0.25, -0.2) is 4.98 Å². The van der Waals surface area contributed by atoms with Crippen molar-refractivity contribution in [2.45, 2.75) is 38.1 Å². The minimum atomic E-state index is -0.309. The molecule has 4 aromatic rings. The average Bonchev–Trinajstić information content (AvgIpc) is 3.19. The van der Waals surface area contributed by atoms with E-state index in [1.165, 1.54) is 0 Å². The highest BCUT2D eigenvalue weighted by Crippen LogP contribution is 2.28. The number of phenolic OH excluding ortho intramolecular Hbond substituents is 1. The van der Waals surface area contributed by atoms with Crippen LogP contribution in [0.3, 0.4) is 0 Å². The molecule has 0 saturated carbocycles. The molecule has 1 aromatic heterocycles. The lowest BCUT2D eigenvalue weighted by atomic mass is 9.81. The highest BCUT2D eigenvalue weighted by atomic mass is 16.3. The molecule has 158 valence electrons. The molecule has 0 bridgehead atoms. The second-order valence-electron chi connectivity index (χ2n) is 8.56. The van der Waals surface area contributed by atoms with Crippen LogP contribution in [-0.2, 0) is 16.6 Å². The van der Waals surface area contributed by atoms with Gasteiger partial charge in [0.15, 0.2) is 0 Å². The summed E-state index contributed by atoms with van der Waals surface area (Å²) >= 11 is 0. The topological polar surface area (TPSA) is 78.0 Å². The summed E-state index contributed by atoms with van der Waals surface area (Å²) in [5, 5.41) is 12.8. The number of aromatic amines is 1. The van der Waals surface area contributed by atoms with E-state index in [9.17, 15) is 9.90 Å². The Kier molecular flexibility index (Phi) is 5.76. The first-order valence-corrected chi connectivity index (χ1v) is 10.5. The summed E-state index contributed by atoms with van der Waals surface area (Å²) in [5.41, 5.74) is 3.65. The lowest BCUT2D eigenvalue weighted by Gasteiger charge is -2.26. The summed E-state index contributed by atoms with van der Waals surface area (Å²) in [6, 6.07) is 24.7. The summed E-state index contributed by atoms with van der Waals surface area (Å²) in [6.07, 6.45) is 0.931. The predicted octanol–water partition coefficient (Wildman–Crippen LogP) is 5.04. The monoisotopic (exact) mass is 413 g/mol. The van der Waals surface area contributed by atoms with Crippen LogP contribution in [0.25, 0.3) is 11.0 Å². The molecule has 1 heterocycles. The van der Waals surface area contributed by atoms with Crippen LogP contribution in [0, 0.1) is 0 Å². The van der Waals surface area contributed by atoms with Gasteiger partial charge in [0, 0.05) is 6.42 Å². The number of H-pyrrole nitrogens is 1. The van der Waals surface area contributed by atoms with Crippen molar-refractivity contribution in [3.63, 3.8) is 0 Å². The van der Waals surface area contributed by atoms with Gasteiger partial charge in [0.1, 0.15) is 11.6 Å². The second-order valence-corrected chi connectivity index (χ2v) is 8.56. The number of carbonyl (C=O) groups is 1. The summed E-state index contributed by atoms with van der Waals surface area (Å²) in [5.74, 6) is 0.913. The fourth-order valence-electron chi connectivity index (χ4n) is 3.86. The minimum Gasteiger partial charge on any atom is -0.508 e. The number of aromatic hydroxyl groups is 1. The Morgan fingerprint density at radius 1 is 1.00 bits per heavy atom. The number of hydrogen-bond donors (Lipinski definition) is 3. The predicted molar refractivity (Wildman–Crippen MR) is 123 cm³/mol.